The fourth-order valence-electron chi connectivity index (χ4n) is 1.92. The Labute approximate surface area is 111 Å². The van der Waals surface area contributed by atoms with E-state index in [0.717, 1.165) is 0 Å². The molecule has 2 atom stereocenters. The Morgan fingerprint density at radius 3 is 2.79 bits per heavy atom. The van der Waals surface area contributed by atoms with Gasteiger partial charge in [0.15, 0.2) is 0 Å². The summed E-state index contributed by atoms with van der Waals surface area (Å²) in [6.07, 6.45) is 2.88. The number of unbranched alkanes of at least 4 members (excludes halogenated alkanes) is 2. The molecule has 1 aliphatic rings. The van der Waals surface area contributed by atoms with E-state index in [9.17, 15) is 14.4 Å². The summed E-state index contributed by atoms with van der Waals surface area (Å²) in [5.41, 5.74) is 5.22. The number of hydrogen-bond acceptors (Lipinski definition) is 4. The van der Waals surface area contributed by atoms with Crippen LogP contribution in [0.3, 0.4) is 0 Å². The van der Waals surface area contributed by atoms with E-state index in [1.807, 2.05) is 6.07 Å². The molecule has 0 unspecified atom stereocenters. The van der Waals surface area contributed by atoms with E-state index >= 15 is 0 Å². The monoisotopic (exact) mass is 266 g/mol. The first-order chi connectivity index (χ1) is 9.04. The van der Waals surface area contributed by atoms with Crippen LogP contribution in [0.4, 0.5) is 0 Å². The van der Waals surface area contributed by atoms with Crippen molar-refractivity contribution in [3.8, 4) is 6.07 Å². The number of nitrogens with zero attached hydrogens (tertiary/aromatic N) is 1. The highest BCUT2D eigenvalue weighted by Crippen LogP contribution is 2.08. The van der Waals surface area contributed by atoms with E-state index < -0.39 is 18.0 Å². The van der Waals surface area contributed by atoms with Crippen LogP contribution in [0.2, 0.25) is 0 Å². The minimum atomic E-state index is -0.747. The third kappa shape index (κ3) is 4.95. The minimum absolute atomic E-state index is 0.162. The molecule has 0 aromatic rings. The molecule has 104 valence electrons. The van der Waals surface area contributed by atoms with Crippen LogP contribution in [0.25, 0.3) is 0 Å². The molecule has 1 heterocycles. The number of carbonyl (C=O) groups excluding carboxylic acids is 3. The minimum Gasteiger partial charge on any atom is -0.368 e. The van der Waals surface area contributed by atoms with Crippen LogP contribution in [0.5, 0.6) is 0 Å². The lowest BCUT2D eigenvalue weighted by molar-refractivity contribution is -0.129. The maximum absolute atomic E-state index is 11.8. The SMILES string of the molecule is N#CCCCC[C@@H](NC(=O)[C@@H]1CCC(=O)N1)C(N)=O. The fraction of sp³-hybridized carbons (Fsp3) is 0.667. The molecule has 3 amide bonds. The van der Waals surface area contributed by atoms with Gasteiger partial charge < -0.3 is 16.4 Å². The topological polar surface area (TPSA) is 125 Å². The van der Waals surface area contributed by atoms with E-state index in [2.05, 4.69) is 10.6 Å². The largest absolute Gasteiger partial charge is 0.368 e. The van der Waals surface area contributed by atoms with Crippen molar-refractivity contribution < 1.29 is 14.4 Å². The van der Waals surface area contributed by atoms with Crippen molar-refractivity contribution in [1.82, 2.24) is 10.6 Å². The summed E-state index contributed by atoms with van der Waals surface area (Å²) in [6, 6.07) is 0.688. The summed E-state index contributed by atoms with van der Waals surface area (Å²) in [5, 5.41) is 13.5. The second-order valence-electron chi connectivity index (χ2n) is 4.53. The molecule has 0 radical (unpaired) electrons. The molecule has 4 N–H and O–H groups in total. The van der Waals surface area contributed by atoms with Gasteiger partial charge in [-0.25, -0.2) is 0 Å². The number of nitrogens with two attached hydrogens (primary N) is 1. The molecule has 7 nitrogen and oxygen atoms in total. The molecular weight excluding hydrogens is 248 g/mol. The van der Waals surface area contributed by atoms with Gasteiger partial charge in [0, 0.05) is 12.8 Å². The first kappa shape index (κ1) is 15.0. The first-order valence-corrected chi connectivity index (χ1v) is 6.30. The van der Waals surface area contributed by atoms with Crippen LogP contribution in [0, 0.1) is 11.3 Å². The van der Waals surface area contributed by atoms with Crippen LogP contribution in [0.1, 0.15) is 38.5 Å². The molecule has 0 aromatic carbocycles. The Morgan fingerprint density at radius 1 is 1.53 bits per heavy atom. The van der Waals surface area contributed by atoms with Crippen molar-refractivity contribution in [2.24, 2.45) is 5.73 Å². The van der Waals surface area contributed by atoms with Crippen molar-refractivity contribution in [2.45, 2.75) is 50.6 Å². The molecule has 1 saturated heterocycles. The number of primary amides is 1. The highest BCUT2D eigenvalue weighted by atomic mass is 16.2. The third-order valence-electron chi connectivity index (χ3n) is 3.00. The normalized spacial score (nSPS) is 19.3. The van der Waals surface area contributed by atoms with Gasteiger partial charge in [0.2, 0.25) is 17.7 Å². The summed E-state index contributed by atoms with van der Waals surface area (Å²) < 4.78 is 0. The number of carbonyl (C=O) groups is 3. The average Bonchev–Trinajstić information content (AvgIpc) is 2.79. The van der Waals surface area contributed by atoms with Crippen molar-refractivity contribution in [1.29, 1.82) is 5.26 Å². The Morgan fingerprint density at radius 2 is 2.26 bits per heavy atom. The fourth-order valence-corrected chi connectivity index (χ4v) is 1.92. The summed E-state index contributed by atoms with van der Waals surface area (Å²) >= 11 is 0. The molecule has 19 heavy (non-hydrogen) atoms. The maximum atomic E-state index is 11.8. The standard InChI is InChI=1S/C12H18N4O3/c13-7-3-1-2-4-8(11(14)18)16-12(19)9-5-6-10(17)15-9/h8-9H,1-6H2,(H2,14,18)(H,15,17)(H,16,19)/t8-,9+/m1/s1. The third-order valence-corrected chi connectivity index (χ3v) is 3.00. The van der Waals surface area contributed by atoms with Gasteiger partial charge in [-0.15, -0.1) is 0 Å². The molecular formula is C12H18N4O3. The Hall–Kier alpha value is -2.10. The lowest BCUT2D eigenvalue weighted by Gasteiger charge is -2.17. The quantitative estimate of drug-likeness (QED) is 0.528. The molecule has 1 aliphatic heterocycles. The van der Waals surface area contributed by atoms with Gasteiger partial charge in [-0.1, -0.05) is 0 Å². The first-order valence-electron chi connectivity index (χ1n) is 6.30. The van der Waals surface area contributed by atoms with Gasteiger partial charge in [0.25, 0.3) is 0 Å². The number of amides is 3. The van der Waals surface area contributed by atoms with E-state index in [0.29, 0.717) is 38.5 Å². The second-order valence-corrected chi connectivity index (χ2v) is 4.53. The molecule has 0 saturated carbocycles. The van der Waals surface area contributed by atoms with E-state index in [-0.39, 0.29) is 11.8 Å². The molecule has 0 bridgehead atoms. The Kier molecular flexibility index (Phi) is 5.79. The zero-order chi connectivity index (χ0) is 14.3. The lowest BCUT2D eigenvalue weighted by atomic mass is 10.1. The molecule has 0 aromatic heterocycles. The van der Waals surface area contributed by atoms with Crippen molar-refractivity contribution in [2.75, 3.05) is 0 Å². The molecule has 1 rings (SSSR count). The highest BCUT2D eigenvalue weighted by Gasteiger charge is 2.29. The maximum Gasteiger partial charge on any atom is 0.243 e. The van der Waals surface area contributed by atoms with Crippen LogP contribution in [-0.4, -0.2) is 29.8 Å². The van der Waals surface area contributed by atoms with Gasteiger partial charge in [0.1, 0.15) is 12.1 Å². The van der Waals surface area contributed by atoms with Crippen molar-refractivity contribution >= 4 is 17.7 Å². The van der Waals surface area contributed by atoms with Gasteiger partial charge in [-0.05, 0) is 25.7 Å². The summed E-state index contributed by atoms with van der Waals surface area (Å²) in [4.78, 5) is 34.0. The van der Waals surface area contributed by atoms with E-state index in [1.165, 1.54) is 0 Å². The summed E-state index contributed by atoms with van der Waals surface area (Å²) in [7, 11) is 0. The van der Waals surface area contributed by atoms with Crippen LogP contribution in [-0.2, 0) is 14.4 Å². The Bertz CT molecular complexity index is 402. The number of rotatable bonds is 7. The summed E-state index contributed by atoms with van der Waals surface area (Å²) in [5.74, 6) is -1.14. The molecule has 1 fully saturated rings. The van der Waals surface area contributed by atoms with Crippen LogP contribution in [0.15, 0.2) is 0 Å². The highest BCUT2D eigenvalue weighted by molar-refractivity contribution is 5.93. The smallest absolute Gasteiger partial charge is 0.243 e. The lowest BCUT2D eigenvalue weighted by Crippen LogP contribution is -2.50. The summed E-state index contributed by atoms with van der Waals surface area (Å²) in [6.45, 7) is 0. The molecule has 7 heteroatoms. The number of nitriles is 1. The number of hydrogen-bond donors (Lipinski definition) is 3. The van der Waals surface area contributed by atoms with Gasteiger partial charge >= 0.3 is 0 Å². The van der Waals surface area contributed by atoms with Crippen molar-refractivity contribution in [3.63, 3.8) is 0 Å². The van der Waals surface area contributed by atoms with Crippen molar-refractivity contribution in [3.05, 3.63) is 0 Å². The predicted molar refractivity (Wildman–Crippen MR) is 66.4 cm³/mol. The second kappa shape index (κ2) is 7.36. The molecule has 0 spiro atoms. The Balaban J connectivity index is 2.40. The zero-order valence-corrected chi connectivity index (χ0v) is 10.6. The van der Waals surface area contributed by atoms with Crippen LogP contribution < -0.4 is 16.4 Å². The van der Waals surface area contributed by atoms with Gasteiger partial charge in [0.05, 0.1) is 6.07 Å². The number of nitrogens with one attached hydrogen (secondary N) is 2. The van der Waals surface area contributed by atoms with E-state index in [4.69, 9.17) is 11.0 Å². The zero-order valence-electron chi connectivity index (χ0n) is 10.6. The molecule has 0 aliphatic carbocycles. The predicted octanol–water partition coefficient (Wildman–Crippen LogP) is -0.681. The van der Waals surface area contributed by atoms with Gasteiger partial charge in [-0.3, -0.25) is 14.4 Å². The average molecular weight is 266 g/mol. The van der Waals surface area contributed by atoms with Crippen LogP contribution >= 0.6 is 0 Å². The van der Waals surface area contributed by atoms with Gasteiger partial charge in [-0.2, -0.15) is 5.26 Å². The van der Waals surface area contributed by atoms with E-state index in [1.54, 1.807) is 0 Å².